The van der Waals surface area contributed by atoms with Crippen LogP contribution in [0.4, 0.5) is 0 Å². The number of furan rings is 1. The van der Waals surface area contributed by atoms with Gasteiger partial charge in [-0.2, -0.15) is 0 Å². The van der Waals surface area contributed by atoms with E-state index in [1.807, 2.05) is 13.0 Å². The molecule has 0 bridgehead atoms. The lowest BCUT2D eigenvalue weighted by Crippen LogP contribution is -2.42. The Morgan fingerprint density at radius 3 is 2.45 bits per heavy atom. The molecule has 164 valence electrons. The summed E-state index contributed by atoms with van der Waals surface area (Å²) in [5, 5.41) is 6.85. The molecule has 2 fully saturated rings. The second-order valence-corrected chi connectivity index (χ2v) is 7.57. The number of nitrogens with zero attached hydrogens (tertiary/aromatic N) is 3. The maximum atomic E-state index is 5.95. The number of morpholine rings is 2. The maximum absolute atomic E-state index is 5.95. The van der Waals surface area contributed by atoms with Crippen molar-refractivity contribution in [3.63, 3.8) is 0 Å². The van der Waals surface area contributed by atoms with E-state index in [0.717, 1.165) is 96.1 Å². The lowest BCUT2D eigenvalue weighted by Gasteiger charge is -2.32. The first-order valence-corrected chi connectivity index (χ1v) is 11.0. The molecule has 1 aromatic heterocycles. The van der Waals surface area contributed by atoms with E-state index in [0.29, 0.717) is 6.54 Å². The van der Waals surface area contributed by atoms with Crippen LogP contribution in [0.2, 0.25) is 0 Å². The molecule has 2 saturated heterocycles. The number of hydrogen-bond acceptors (Lipinski definition) is 6. The fraction of sp³-hybridized carbons (Fsp3) is 0.762. The van der Waals surface area contributed by atoms with Crippen LogP contribution >= 0.6 is 0 Å². The van der Waals surface area contributed by atoms with Crippen LogP contribution in [-0.2, 0) is 9.47 Å². The van der Waals surface area contributed by atoms with Crippen molar-refractivity contribution in [3.05, 3.63) is 23.7 Å². The quantitative estimate of drug-likeness (QED) is 0.362. The summed E-state index contributed by atoms with van der Waals surface area (Å²) < 4.78 is 16.9. The van der Waals surface area contributed by atoms with Crippen molar-refractivity contribution in [2.24, 2.45) is 4.99 Å². The lowest BCUT2D eigenvalue weighted by molar-refractivity contribution is 0.0135. The zero-order valence-corrected chi connectivity index (χ0v) is 18.0. The van der Waals surface area contributed by atoms with E-state index in [1.165, 1.54) is 0 Å². The zero-order chi connectivity index (χ0) is 20.3. The van der Waals surface area contributed by atoms with Crippen molar-refractivity contribution < 1.29 is 13.9 Å². The summed E-state index contributed by atoms with van der Waals surface area (Å²) in [6.45, 7) is 14.7. The molecule has 2 aliphatic rings. The van der Waals surface area contributed by atoms with E-state index in [-0.39, 0.29) is 6.04 Å². The average molecular weight is 408 g/mol. The Morgan fingerprint density at radius 2 is 1.79 bits per heavy atom. The minimum absolute atomic E-state index is 0.136. The standard InChI is InChI=1S/C21H37N5O3/c1-3-22-21(23-7-4-8-25-9-13-27-14-10-25)24-17-19(20-6-5-18(2)29-20)26-11-15-28-16-12-26/h5-6,19H,3-4,7-17H2,1-2H3,(H2,22,23,24). The predicted molar refractivity (Wildman–Crippen MR) is 114 cm³/mol. The number of ether oxygens (including phenoxy) is 2. The smallest absolute Gasteiger partial charge is 0.191 e. The molecule has 0 radical (unpaired) electrons. The van der Waals surface area contributed by atoms with Crippen LogP contribution in [0.1, 0.15) is 30.9 Å². The molecule has 1 aromatic rings. The number of hydrogen-bond donors (Lipinski definition) is 2. The van der Waals surface area contributed by atoms with E-state index in [9.17, 15) is 0 Å². The largest absolute Gasteiger partial charge is 0.465 e. The van der Waals surface area contributed by atoms with Crippen LogP contribution in [0, 0.1) is 6.92 Å². The third kappa shape index (κ3) is 7.29. The predicted octanol–water partition coefficient (Wildman–Crippen LogP) is 1.24. The van der Waals surface area contributed by atoms with Gasteiger partial charge in [-0.25, -0.2) is 0 Å². The van der Waals surface area contributed by atoms with Crippen molar-refractivity contribution in [2.75, 3.05) is 78.8 Å². The molecule has 8 nitrogen and oxygen atoms in total. The normalized spacial score (nSPS) is 20.6. The molecule has 0 amide bonds. The monoisotopic (exact) mass is 407 g/mol. The van der Waals surface area contributed by atoms with E-state index in [2.05, 4.69) is 33.4 Å². The maximum Gasteiger partial charge on any atom is 0.191 e. The summed E-state index contributed by atoms with van der Waals surface area (Å²) in [4.78, 5) is 9.75. The Kier molecular flexibility index (Phi) is 9.27. The molecule has 29 heavy (non-hydrogen) atoms. The topological polar surface area (TPSA) is 74.5 Å². The summed E-state index contributed by atoms with van der Waals surface area (Å²) in [5.41, 5.74) is 0. The third-order valence-electron chi connectivity index (χ3n) is 5.39. The van der Waals surface area contributed by atoms with Crippen molar-refractivity contribution in [1.29, 1.82) is 0 Å². The highest BCUT2D eigenvalue weighted by Crippen LogP contribution is 2.24. The van der Waals surface area contributed by atoms with Gasteiger partial charge in [0.2, 0.25) is 0 Å². The van der Waals surface area contributed by atoms with Crippen molar-refractivity contribution in [1.82, 2.24) is 20.4 Å². The zero-order valence-electron chi connectivity index (χ0n) is 18.0. The fourth-order valence-electron chi connectivity index (χ4n) is 3.76. The molecule has 1 unspecified atom stereocenters. The molecule has 8 heteroatoms. The SMILES string of the molecule is CCNC(=NCC(c1ccc(C)o1)N1CCOCC1)NCCCN1CCOCC1. The summed E-state index contributed by atoms with van der Waals surface area (Å²) in [6.07, 6.45) is 1.09. The van der Waals surface area contributed by atoms with Crippen LogP contribution in [-0.4, -0.2) is 94.5 Å². The Balaban J connectivity index is 1.53. The highest BCUT2D eigenvalue weighted by atomic mass is 16.5. The van der Waals surface area contributed by atoms with Gasteiger partial charge in [-0.3, -0.25) is 14.8 Å². The summed E-state index contributed by atoms with van der Waals surface area (Å²) in [7, 11) is 0. The molecule has 3 rings (SSSR count). The number of aliphatic imine (C=N–C) groups is 1. The van der Waals surface area contributed by atoms with Crippen molar-refractivity contribution in [2.45, 2.75) is 26.3 Å². The molecule has 1 atom stereocenters. The molecule has 2 N–H and O–H groups in total. The number of nitrogens with one attached hydrogen (secondary N) is 2. The summed E-state index contributed by atoms with van der Waals surface area (Å²) >= 11 is 0. The van der Waals surface area contributed by atoms with Crippen LogP contribution in [0.25, 0.3) is 0 Å². The van der Waals surface area contributed by atoms with Gasteiger partial charge in [-0.15, -0.1) is 0 Å². The van der Waals surface area contributed by atoms with Gasteiger partial charge in [0.25, 0.3) is 0 Å². The molecule has 0 aromatic carbocycles. The van der Waals surface area contributed by atoms with Crippen molar-refractivity contribution in [3.8, 4) is 0 Å². The van der Waals surface area contributed by atoms with Gasteiger partial charge in [-0.05, 0) is 38.9 Å². The Labute approximate surface area is 174 Å². The molecule has 0 saturated carbocycles. The summed E-state index contributed by atoms with van der Waals surface area (Å²) in [5.74, 6) is 2.79. The first-order chi connectivity index (χ1) is 14.3. The average Bonchev–Trinajstić information content (AvgIpc) is 3.18. The van der Waals surface area contributed by atoms with Gasteiger partial charge < -0.3 is 24.5 Å². The number of aryl methyl sites for hydroxylation is 1. The second-order valence-electron chi connectivity index (χ2n) is 7.57. The van der Waals surface area contributed by atoms with Gasteiger partial charge in [-0.1, -0.05) is 0 Å². The van der Waals surface area contributed by atoms with E-state index in [1.54, 1.807) is 0 Å². The molecule has 2 aliphatic heterocycles. The Morgan fingerprint density at radius 1 is 1.07 bits per heavy atom. The minimum Gasteiger partial charge on any atom is -0.465 e. The Hall–Kier alpha value is -1.61. The van der Waals surface area contributed by atoms with E-state index < -0.39 is 0 Å². The van der Waals surface area contributed by atoms with Gasteiger partial charge in [0.1, 0.15) is 11.5 Å². The summed E-state index contributed by atoms with van der Waals surface area (Å²) in [6, 6.07) is 4.24. The van der Waals surface area contributed by atoms with Gasteiger partial charge in [0, 0.05) is 39.3 Å². The van der Waals surface area contributed by atoms with E-state index >= 15 is 0 Å². The lowest BCUT2D eigenvalue weighted by atomic mass is 10.1. The molecular weight excluding hydrogens is 370 g/mol. The molecular formula is C21H37N5O3. The van der Waals surface area contributed by atoms with Crippen LogP contribution < -0.4 is 10.6 Å². The minimum atomic E-state index is 0.136. The first kappa shape index (κ1) is 22.1. The van der Waals surface area contributed by atoms with Gasteiger partial charge in [0.15, 0.2) is 5.96 Å². The highest BCUT2D eigenvalue weighted by molar-refractivity contribution is 5.79. The molecule has 3 heterocycles. The number of guanidine groups is 1. The van der Waals surface area contributed by atoms with Crippen LogP contribution in [0.15, 0.2) is 21.5 Å². The van der Waals surface area contributed by atoms with Crippen molar-refractivity contribution >= 4 is 5.96 Å². The third-order valence-corrected chi connectivity index (χ3v) is 5.39. The Bertz CT molecular complexity index is 609. The highest BCUT2D eigenvalue weighted by Gasteiger charge is 2.25. The number of rotatable bonds is 9. The van der Waals surface area contributed by atoms with Gasteiger partial charge >= 0.3 is 0 Å². The van der Waals surface area contributed by atoms with Crippen LogP contribution in [0.5, 0.6) is 0 Å². The second kappa shape index (κ2) is 12.2. The van der Waals surface area contributed by atoms with Crippen LogP contribution in [0.3, 0.4) is 0 Å². The molecule has 0 spiro atoms. The fourth-order valence-corrected chi connectivity index (χ4v) is 3.76. The van der Waals surface area contributed by atoms with Gasteiger partial charge in [0.05, 0.1) is 39.0 Å². The van der Waals surface area contributed by atoms with E-state index in [4.69, 9.17) is 18.9 Å². The first-order valence-electron chi connectivity index (χ1n) is 11.0. The molecule has 0 aliphatic carbocycles.